The first kappa shape index (κ1) is 9.92. The average molecular weight is 206 g/mol. The Balaban J connectivity index is 3.32. The molecule has 0 atom stereocenters. The number of rotatable bonds is 1. The molecule has 0 aromatic heterocycles. The molecule has 1 aromatic carbocycles. The fraction of sp³-hybridized carbons (Fsp3) is 0.125. The van der Waals surface area contributed by atoms with Gasteiger partial charge in [-0.1, -0.05) is 16.8 Å². The molecule has 0 aliphatic rings. The molecule has 0 aliphatic heterocycles. The molecule has 0 saturated carbocycles. The van der Waals surface area contributed by atoms with Crippen LogP contribution >= 0.6 is 11.6 Å². The Labute approximate surface area is 78.4 Å². The summed E-state index contributed by atoms with van der Waals surface area (Å²) in [6.45, 7) is 1.42. The Morgan fingerprint density at radius 2 is 2.00 bits per heavy atom. The minimum Gasteiger partial charge on any atom is -0.410 e. The Hall–Kier alpha value is -1.16. The topological polar surface area (TPSA) is 32.6 Å². The van der Waals surface area contributed by atoms with Crippen LogP contribution in [-0.4, -0.2) is 10.4 Å². The maximum absolute atomic E-state index is 13.0. The SMILES string of the molecule is Cc1cc(F)c(C(Cl)=NO)cc1F. The smallest absolute Gasteiger partial charge is 0.178 e. The zero-order chi connectivity index (χ0) is 10.0. The molecule has 0 aliphatic carbocycles. The highest BCUT2D eigenvalue weighted by Crippen LogP contribution is 2.16. The van der Waals surface area contributed by atoms with Crippen LogP contribution in [0.5, 0.6) is 0 Å². The summed E-state index contributed by atoms with van der Waals surface area (Å²) in [6, 6.07) is 1.87. The van der Waals surface area contributed by atoms with E-state index in [-0.39, 0.29) is 11.1 Å². The molecule has 1 N–H and O–H groups in total. The summed E-state index contributed by atoms with van der Waals surface area (Å²) in [5.74, 6) is -1.32. The van der Waals surface area contributed by atoms with Crippen LogP contribution in [0.15, 0.2) is 17.3 Å². The van der Waals surface area contributed by atoms with E-state index < -0.39 is 16.8 Å². The van der Waals surface area contributed by atoms with Crippen molar-refractivity contribution >= 4 is 16.8 Å². The predicted molar refractivity (Wildman–Crippen MR) is 45.3 cm³/mol. The minimum absolute atomic E-state index is 0.170. The van der Waals surface area contributed by atoms with Crippen molar-refractivity contribution in [3.63, 3.8) is 0 Å². The third kappa shape index (κ3) is 1.95. The molecule has 0 heterocycles. The van der Waals surface area contributed by atoms with Crippen molar-refractivity contribution in [1.29, 1.82) is 0 Å². The second kappa shape index (κ2) is 3.70. The van der Waals surface area contributed by atoms with Crippen molar-refractivity contribution in [3.05, 3.63) is 34.9 Å². The predicted octanol–water partition coefficient (Wildman–Crippen LogP) is 2.65. The quantitative estimate of drug-likeness (QED) is 0.427. The highest BCUT2D eigenvalue weighted by molar-refractivity contribution is 6.69. The minimum atomic E-state index is -0.721. The number of hydrogen-bond acceptors (Lipinski definition) is 2. The molecule has 0 saturated heterocycles. The molecule has 13 heavy (non-hydrogen) atoms. The number of nitrogens with zero attached hydrogens (tertiary/aromatic N) is 1. The molecule has 1 aromatic rings. The van der Waals surface area contributed by atoms with E-state index in [9.17, 15) is 8.78 Å². The summed E-state index contributed by atoms with van der Waals surface area (Å²) in [7, 11) is 0. The zero-order valence-electron chi connectivity index (χ0n) is 6.68. The monoisotopic (exact) mass is 205 g/mol. The van der Waals surface area contributed by atoms with Crippen LogP contribution in [0.1, 0.15) is 11.1 Å². The van der Waals surface area contributed by atoms with Crippen molar-refractivity contribution in [2.24, 2.45) is 5.16 Å². The molecular weight excluding hydrogens is 200 g/mol. The summed E-state index contributed by atoms with van der Waals surface area (Å²) in [5, 5.41) is 10.3. The van der Waals surface area contributed by atoms with Crippen molar-refractivity contribution in [3.8, 4) is 0 Å². The summed E-state index contributed by atoms with van der Waals surface area (Å²) < 4.78 is 25.9. The Bertz CT molecular complexity index is 365. The van der Waals surface area contributed by atoms with E-state index in [4.69, 9.17) is 16.8 Å². The van der Waals surface area contributed by atoms with E-state index >= 15 is 0 Å². The van der Waals surface area contributed by atoms with E-state index in [0.717, 1.165) is 12.1 Å². The van der Waals surface area contributed by atoms with E-state index in [1.54, 1.807) is 0 Å². The van der Waals surface area contributed by atoms with Crippen LogP contribution in [0.3, 0.4) is 0 Å². The van der Waals surface area contributed by atoms with Crippen LogP contribution in [0.2, 0.25) is 0 Å². The van der Waals surface area contributed by atoms with Gasteiger partial charge in [-0.2, -0.15) is 0 Å². The van der Waals surface area contributed by atoms with Gasteiger partial charge in [0.2, 0.25) is 0 Å². The molecule has 0 bridgehead atoms. The molecule has 1 rings (SSSR count). The summed E-state index contributed by atoms with van der Waals surface area (Å²) in [6.07, 6.45) is 0. The van der Waals surface area contributed by atoms with Gasteiger partial charge in [0.15, 0.2) is 5.17 Å². The number of halogens is 3. The molecule has 70 valence electrons. The van der Waals surface area contributed by atoms with Gasteiger partial charge in [-0.15, -0.1) is 0 Å². The van der Waals surface area contributed by atoms with Crippen LogP contribution in [0.25, 0.3) is 0 Å². The number of aryl methyl sites for hydroxylation is 1. The molecule has 0 unspecified atom stereocenters. The Kier molecular flexibility index (Phi) is 2.83. The normalized spacial score (nSPS) is 11.8. The molecule has 0 amide bonds. The number of oxime groups is 1. The van der Waals surface area contributed by atoms with Gasteiger partial charge in [0, 0.05) is 0 Å². The molecule has 0 fully saturated rings. The van der Waals surface area contributed by atoms with E-state index in [0.29, 0.717) is 0 Å². The summed E-state index contributed by atoms with van der Waals surface area (Å²) >= 11 is 5.31. The van der Waals surface area contributed by atoms with Gasteiger partial charge in [-0.05, 0) is 24.6 Å². The maximum atomic E-state index is 13.0. The first-order chi connectivity index (χ1) is 6.06. The summed E-state index contributed by atoms with van der Waals surface area (Å²) in [5.41, 5.74) is -0.0871. The molecule has 0 spiro atoms. The van der Waals surface area contributed by atoms with Gasteiger partial charge in [0.25, 0.3) is 0 Å². The number of hydrogen-bond donors (Lipinski definition) is 1. The third-order valence-corrected chi connectivity index (χ3v) is 1.84. The average Bonchev–Trinajstić information content (AvgIpc) is 2.10. The van der Waals surface area contributed by atoms with Crippen molar-refractivity contribution in [2.75, 3.05) is 0 Å². The van der Waals surface area contributed by atoms with E-state index in [1.165, 1.54) is 6.92 Å². The van der Waals surface area contributed by atoms with E-state index in [1.807, 2.05) is 0 Å². The molecule has 5 heteroatoms. The summed E-state index contributed by atoms with van der Waals surface area (Å²) in [4.78, 5) is 0. The maximum Gasteiger partial charge on any atom is 0.178 e. The number of benzene rings is 1. The lowest BCUT2D eigenvalue weighted by Crippen LogP contribution is -1.99. The fourth-order valence-corrected chi connectivity index (χ4v) is 1.00. The van der Waals surface area contributed by atoms with Gasteiger partial charge in [0.05, 0.1) is 5.56 Å². The van der Waals surface area contributed by atoms with Crippen LogP contribution in [-0.2, 0) is 0 Å². The van der Waals surface area contributed by atoms with Gasteiger partial charge in [0.1, 0.15) is 11.6 Å². The first-order valence-electron chi connectivity index (χ1n) is 3.40. The second-order valence-corrected chi connectivity index (χ2v) is 2.83. The Morgan fingerprint density at radius 3 is 2.54 bits per heavy atom. The molecular formula is C8H6ClF2NO. The largest absolute Gasteiger partial charge is 0.410 e. The van der Waals surface area contributed by atoms with Gasteiger partial charge >= 0.3 is 0 Å². The lowest BCUT2D eigenvalue weighted by molar-refractivity contribution is 0.320. The van der Waals surface area contributed by atoms with Crippen LogP contribution in [0, 0.1) is 18.6 Å². The zero-order valence-corrected chi connectivity index (χ0v) is 7.44. The highest BCUT2D eigenvalue weighted by atomic mass is 35.5. The first-order valence-corrected chi connectivity index (χ1v) is 3.77. The third-order valence-electron chi connectivity index (χ3n) is 1.56. The van der Waals surface area contributed by atoms with Gasteiger partial charge in [-0.3, -0.25) is 0 Å². The molecule has 2 nitrogen and oxygen atoms in total. The lowest BCUT2D eigenvalue weighted by atomic mass is 10.1. The van der Waals surface area contributed by atoms with Crippen LogP contribution in [0.4, 0.5) is 8.78 Å². The van der Waals surface area contributed by atoms with E-state index in [2.05, 4.69) is 5.16 Å². The lowest BCUT2D eigenvalue weighted by Gasteiger charge is -2.01. The standard InChI is InChI=1S/C8H6ClF2NO/c1-4-2-7(11)5(3-6(4)10)8(9)12-13/h2-3,13H,1H3. The second-order valence-electron chi connectivity index (χ2n) is 2.47. The highest BCUT2D eigenvalue weighted by Gasteiger charge is 2.11. The fourth-order valence-electron chi connectivity index (χ4n) is 0.858. The van der Waals surface area contributed by atoms with Crippen molar-refractivity contribution < 1.29 is 14.0 Å². The van der Waals surface area contributed by atoms with Crippen molar-refractivity contribution in [1.82, 2.24) is 0 Å². The molecule has 0 radical (unpaired) electrons. The van der Waals surface area contributed by atoms with Crippen molar-refractivity contribution in [2.45, 2.75) is 6.92 Å². The van der Waals surface area contributed by atoms with Gasteiger partial charge in [-0.25, -0.2) is 8.78 Å². The van der Waals surface area contributed by atoms with Gasteiger partial charge < -0.3 is 5.21 Å². The Morgan fingerprint density at radius 1 is 1.38 bits per heavy atom. The van der Waals surface area contributed by atoms with Crippen LogP contribution < -0.4 is 0 Å².